The van der Waals surface area contributed by atoms with Crippen LogP contribution in [0.2, 0.25) is 0 Å². The molecule has 0 spiro atoms. The van der Waals surface area contributed by atoms with Crippen LogP contribution in [0.4, 0.5) is 10.1 Å². The maximum absolute atomic E-state index is 13.1. The van der Waals surface area contributed by atoms with Crippen molar-refractivity contribution in [2.75, 3.05) is 18.9 Å². The van der Waals surface area contributed by atoms with E-state index in [1.165, 1.54) is 62.7 Å². The first-order chi connectivity index (χ1) is 13.2. The first-order valence-electron chi connectivity index (χ1n) is 8.10. The average molecular weight is 406 g/mol. The SMILES string of the molecule is CC(=O)Nc1ccc(S(=O)(=O)N(C)CC(=O)N/N=C\c2cccc(F)c2)cc1. The quantitative estimate of drug-likeness (QED) is 0.537. The van der Waals surface area contributed by atoms with Gasteiger partial charge in [0.2, 0.25) is 15.9 Å². The van der Waals surface area contributed by atoms with Crippen LogP contribution in [0.15, 0.2) is 58.5 Å². The van der Waals surface area contributed by atoms with E-state index in [0.717, 1.165) is 4.31 Å². The van der Waals surface area contributed by atoms with E-state index in [0.29, 0.717) is 11.3 Å². The number of carbonyl (C=O) groups is 2. The minimum atomic E-state index is -3.90. The second kappa shape index (κ2) is 9.20. The normalized spacial score (nSPS) is 11.6. The summed E-state index contributed by atoms with van der Waals surface area (Å²) in [6.45, 7) is 0.879. The van der Waals surface area contributed by atoms with E-state index in [1.54, 1.807) is 6.07 Å². The van der Waals surface area contributed by atoms with Gasteiger partial charge in [-0.25, -0.2) is 18.2 Å². The van der Waals surface area contributed by atoms with Gasteiger partial charge in [0, 0.05) is 19.7 Å². The Hall–Kier alpha value is -3.11. The number of hydrazone groups is 1. The monoisotopic (exact) mass is 406 g/mol. The molecule has 0 saturated heterocycles. The number of hydrogen-bond acceptors (Lipinski definition) is 5. The Morgan fingerprint density at radius 3 is 2.46 bits per heavy atom. The van der Waals surface area contributed by atoms with Crippen LogP contribution >= 0.6 is 0 Å². The number of nitrogens with one attached hydrogen (secondary N) is 2. The number of anilines is 1. The van der Waals surface area contributed by atoms with Crippen molar-refractivity contribution >= 4 is 33.7 Å². The predicted octanol–water partition coefficient (Wildman–Crippen LogP) is 1.55. The molecular formula is C18H19FN4O4S. The number of benzene rings is 2. The smallest absolute Gasteiger partial charge is 0.255 e. The van der Waals surface area contributed by atoms with Gasteiger partial charge in [-0.2, -0.15) is 9.41 Å². The molecule has 0 radical (unpaired) electrons. The number of likely N-dealkylation sites (N-methyl/N-ethyl adjacent to an activating group) is 1. The molecule has 0 aliphatic rings. The number of nitrogens with zero attached hydrogens (tertiary/aromatic N) is 2. The molecule has 0 unspecified atom stereocenters. The predicted molar refractivity (Wildman–Crippen MR) is 103 cm³/mol. The van der Waals surface area contributed by atoms with Gasteiger partial charge in [0.25, 0.3) is 5.91 Å². The minimum Gasteiger partial charge on any atom is -0.326 e. The molecule has 148 valence electrons. The highest BCUT2D eigenvalue weighted by Gasteiger charge is 2.22. The Bertz CT molecular complexity index is 991. The second-order valence-electron chi connectivity index (χ2n) is 5.81. The van der Waals surface area contributed by atoms with Gasteiger partial charge in [-0.3, -0.25) is 9.59 Å². The number of hydrogen-bond donors (Lipinski definition) is 2. The van der Waals surface area contributed by atoms with Crippen molar-refractivity contribution in [2.24, 2.45) is 5.10 Å². The van der Waals surface area contributed by atoms with E-state index < -0.39 is 28.3 Å². The van der Waals surface area contributed by atoms with E-state index in [1.807, 2.05) is 0 Å². The number of amides is 2. The third kappa shape index (κ3) is 5.96. The van der Waals surface area contributed by atoms with Crippen LogP contribution in [0.1, 0.15) is 12.5 Å². The molecule has 28 heavy (non-hydrogen) atoms. The molecule has 2 amide bonds. The van der Waals surface area contributed by atoms with Crippen LogP contribution in [0, 0.1) is 5.82 Å². The van der Waals surface area contributed by atoms with Gasteiger partial charge in [0.15, 0.2) is 0 Å². The molecule has 2 rings (SSSR count). The molecule has 0 saturated carbocycles. The van der Waals surface area contributed by atoms with Crippen LogP contribution in [0.3, 0.4) is 0 Å². The Kier molecular flexibility index (Phi) is 6.96. The molecule has 10 heteroatoms. The zero-order valence-corrected chi connectivity index (χ0v) is 16.0. The van der Waals surface area contributed by atoms with Crippen molar-refractivity contribution in [1.29, 1.82) is 0 Å². The standard InChI is InChI=1S/C18H19FN4O4S/c1-13(24)21-16-6-8-17(9-7-16)28(26,27)23(2)12-18(25)22-20-11-14-4-3-5-15(19)10-14/h3-11H,12H2,1-2H3,(H,21,24)(H,22,25)/b20-11-. The number of rotatable bonds is 7. The summed E-state index contributed by atoms with van der Waals surface area (Å²) < 4.78 is 39.0. The Balaban J connectivity index is 1.97. The highest BCUT2D eigenvalue weighted by molar-refractivity contribution is 7.89. The van der Waals surface area contributed by atoms with Crippen LogP contribution in [0.25, 0.3) is 0 Å². The largest absolute Gasteiger partial charge is 0.326 e. The van der Waals surface area contributed by atoms with Crippen molar-refractivity contribution in [3.05, 3.63) is 59.9 Å². The molecule has 0 bridgehead atoms. The summed E-state index contributed by atoms with van der Waals surface area (Å²) in [5.74, 6) is -1.37. The number of carbonyl (C=O) groups excluding carboxylic acids is 2. The Labute approximate surface area is 162 Å². The molecule has 0 aliphatic carbocycles. The molecule has 0 heterocycles. The van der Waals surface area contributed by atoms with Crippen LogP contribution in [-0.2, 0) is 19.6 Å². The van der Waals surface area contributed by atoms with E-state index in [4.69, 9.17) is 0 Å². The zero-order chi connectivity index (χ0) is 20.7. The Morgan fingerprint density at radius 2 is 1.86 bits per heavy atom. The van der Waals surface area contributed by atoms with Crippen LogP contribution < -0.4 is 10.7 Å². The Morgan fingerprint density at radius 1 is 1.18 bits per heavy atom. The summed E-state index contributed by atoms with van der Waals surface area (Å²) in [4.78, 5) is 22.9. The zero-order valence-electron chi connectivity index (χ0n) is 15.2. The first kappa shape index (κ1) is 21.2. The van der Waals surface area contributed by atoms with E-state index in [9.17, 15) is 22.4 Å². The maximum atomic E-state index is 13.1. The molecule has 0 atom stereocenters. The lowest BCUT2D eigenvalue weighted by Crippen LogP contribution is -2.36. The summed E-state index contributed by atoms with van der Waals surface area (Å²) in [5.41, 5.74) is 3.09. The van der Waals surface area contributed by atoms with Gasteiger partial charge in [-0.05, 0) is 42.0 Å². The van der Waals surface area contributed by atoms with E-state index >= 15 is 0 Å². The fraction of sp³-hybridized carbons (Fsp3) is 0.167. The topological polar surface area (TPSA) is 108 Å². The van der Waals surface area contributed by atoms with E-state index in [-0.39, 0.29) is 10.8 Å². The molecule has 0 fully saturated rings. The van der Waals surface area contributed by atoms with Gasteiger partial charge < -0.3 is 5.32 Å². The van der Waals surface area contributed by atoms with E-state index in [2.05, 4.69) is 15.8 Å². The number of sulfonamides is 1. The summed E-state index contributed by atoms with van der Waals surface area (Å²) in [7, 11) is -2.65. The first-order valence-corrected chi connectivity index (χ1v) is 9.54. The molecule has 0 aliphatic heterocycles. The summed E-state index contributed by atoms with van der Waals surface area (Å²) in [6, 6.07) is 11.2. The van der Waals surface area contributed by atoms with Crippen molar-refractivity contribution in [3.63, 3.8) is 0 Å². The second-order valence-corrected chi connectivity index (χ2v) is 7.86. The molecule has 8 nitrogen and oxygen atoms in total. The number of halogens is 1. The summed E-state index contributed by atoms with van der Waals surface area (Å²) in [6.07, 6.45) is 1.25. The van der Waals surface area contributed by atoms with Gasteiger partial charge in [0.05, 0.1) is 17.7 Å². The lowest BCUT2D eigenvalue weighted by atomic mass is 10.2. The third-order valence-electron chi connectivity index (χ3n) is 3.50. The third-order valence-corrected chi connectivity index (χ3v) is 5.32. The average Bonchev–Trinajstić information content (AvgIpc) is 2.61. The van der Waals surface area contributed by atoms with Crippen LogP contribution in [-0.4, -0.2) is 44.3 Å². The lowest BCUT2D eigenvalue weighted by Gasteiger charge is -2.16. The van der Waals surface area contributed by atoms with Gasteiger partial charge in [0.1, 0.15) is 5.82 Å². The van der Waals surface area contributed by atoms with Gasteiger partial charge in [-0.1, -0.05) is 12.1 Å². The molecule has 2 aromatic carbocycles. The fourth-order valence-corrected chi connectivity index (χ4v) is 3.31. The highest BCUT2D eigenvalue weighted by Crippen LogP contribution is 2.17. The summed E-state index contributed by atoms with van der Waals surface area (Å²) >= 11 is 0. The van der Waals surface area contributed by atoms with Crippen molar-refractivity contribution in [3.8, 4) is 0 Å². The molecule has 0 aromatic heterocycles. The van der Waals surface area contributed by atoms with Gasteiger partial charge in [-0.15, -0.1) is 0 Å². The maximum Gasteiger partial charge on any atom is 0.255 e. The van der Waals surface area contributed by atoms with Crippen LogP contribution in [0.5, 0.6) is 0 Å². The summed E-state index contributed by atoms with van der Waals surface area (Å²) in [5, 5.41) is 6.21. The van der Waals surface area contributed by atoms with Crippen molar-refractivity contribution in [2.45, 2.75) is 11.8 Å². The molecule has 2 aromatic rings. The lowest BCUT2D eigenvalue weighted by molar-refractivity contribution is -0.121. The fourth-order valence-electron chi connectivity index (χ4n) is 2.18. The van der Waals surface area contributed by atoms with Crippen molar-refractivity contribution < 1.29 is 22.4 Å². The molecular weight excluding hydrogens is 387 g/mol. The van der Waals surface area contributed by atoms with Gasteiger partial charge >= 0.3 is 0 Å². The molecule has 2 N–H and O–H groups in total. The minimum absolute atomic E-state index is 0.0276. The highest BCUT2D eigenvalue weighted by atomic mass is 32.2. The van der Waals surface area contributed by atoms with Crippen molar-refractivity contribution in [1.82, 2.24) is 9.73 Å².